The van der Waals surface area contributed by atoms with Gasteiger partial charge < -0.3 is 5.73 Å². The second-order valence-electron chi connectivity index (χ2n) is 4.39. The summed E-state index contributed by atoms with van der Waals surface area (Å²) >= 11 is 1.81. The Hall–Kier alpha value is -0.410. The van der Waals surface area contributed by atoms with Gasteiger partial charge >= 0.3 is 0 Å². The molecular formula is C11H18N2S. The molecule has 2 N–H and O–H groups in total. The van der Waals surface area contributed by atoms with Crippen LogP contribution in [0.1, 0.15) is 55.6 Å². The van der Waals surface area contributed by atoms with Gasteiger partial charge in [-0.05, 0) is 19.8 Å². The highest BCUT2D eigenvalue weighted by Gasteiger charge is 2.23. The van der Waals surface area contributed by atoms with Crippen LogP contribution in [-0.4, -0.2) is 11.0 Å². The minimum atomic E-state index is 0.200. The maximum Gasteiger partial charge on any atom is 0.0959 e. The van der Waals surface area contributed by atoms with Crippen molar-refractivity contribution in [2.24, 2.45) is 5.73 Å². The first-order chi connectivity index (χ1) is 6.68. The van der Waals surface area contributed by atoms with Crippen molar-refractivity contribution in [1.82, 2.24) is 4.98 Å². The lowest BCUT2D eigenvalue weighted by atomic mass is 9.86. The fraction of sp³-hybridized carbons (Fsp3) is 0.727. The molecule has 2 atom stereocenters. The molecule has 78 valence electrons. The van der Waals surface area contributed by atoms with Crippen molar-refractivity contribution in [1.29, 1.82) is 0 Å². The van der Waals surface area contributed by atoms with Gasteiger partial charge in [0.25, 0.3) is 0 Å². The second-order valence-corrected chi connectivity index (χ2v) is 5.28. The van der Waals surface area contributed by atoms with Crippen LogP contribution in [0.5, 0.6) is 0 Å². The van der Waals surface area contributed by atoms with E-state index in [9.17, 15) is 0 Å². The molecule has 0 spiro atoms. The van der Waals surface area contributed by atoms with Gasteiger partial charge in [0, 0.05) is 23.3 Å². The topological polar surface area (TPSA) is 38.9 Å². The molecule has 0 radical (unpaired) electrons. The molecule has 1 saturated carbocycles. The first-order valence-corrected chi connectivity index (χ1v) is 6.27. The second kappa shape index (κ2) is 3.99. The average Bonchev–Trinajstić information content (AvgIpc) is 2.48. The maximum atomic E-state index is 5.86. The quantitative estimate of drug-likeness (QED) is 0.833. The van der Waals surface area contributed by atoms with Crippen molar-refractivity contribution in [3.8, 4) is 0 Å². The fourth-order valence-electron chi connectivity index (χ4n) is 1.62. The van der Waals surface area contributed by atoms with Crippen LogP contribution in [-0.2, 0) is 0 Å². The number of rotatable bonds is 3. The van der Waals surface area contributed by atoms with Gasteiger partial charge in [0.2, 0.25) is 0 Å². The molecule has 0 saturated heterocycles. The number of hydrogen-bond donors (Lipinski definition) is 1. The Labute approximate surface area is 89.5 Å². The van der Waals surface area contributed by atoms with Crippen molar-refractivity contribution in [3.63, 3.8) is 0 Å². The fourth-order valence-corrected chi connectivity index (χ4v) is 2.72. The van der Waals surface area contributed by atoms with E-state index in [1.54, 1.807) is 0 Å². The first-order valence-electron chi connectivity index (χ1n) is 5.39. The molecule has 1 aromatic heterocycles. The van der Waals surface area contributed by atoms with Crippen LogP contribution in [0.4, 0.5) is 0 Å². The summed E-state index contributed by atoms with van der Waals surface area (Å²) in [7, 11) is 0. The lowest BCUT2D eigenvalue weighted by Crippen LogP contribution is -2.22. The molecule has 1 aliphatic carbocycles. The van der Waals surface area contributed by atoms with Crippen molar-refractivity contribution in [2.45, 2.75) is 51.0 Å². The number of nitrogens with two attached hydrogens (primary N) is 1. The van der Waals surface area contributed by atoms with Crippen LogP contribution >= 0.6 is 11.3 Å². The Morgan fingerprint density at radius 1 is 1.50 bits per heavy atom. The predicted octanol–water partition coefficient (Wildman–Crippen LogP) is 2.86. The van der Waals surface area contributed by atoms with Gasteiger partial charge in [-0.2, -0.15) is 0 Å². The van der Waals surface area contributed by atoms with Crippen LogP contribution in [0.25, 0.3) is 0 Å². The highest BCUT2D eigenvalue weighted by molar-refractivity contribution is 7.09. The normalized spacial score (nSPS) is 21.6. The molecule has 0 aliphatic heterocycles. The SMILES string of the molecule is CC(N)C(C)c1csc(C2CCC2)n1. The zero-order valence-electron chi connectivity index (χ0n) is 8.86. The van der Waals surface area contributed by atoms with Gasteiger partial charge in [-0.25, -0.2) is 4.98 Å². The summed E-state index contributed by atoms with van der Waals surface area (Å²) in [5.74, 6) is 1.15. The number of hydrogen-bond acceptors (Lipinski definition) is 3. The molecule has 0 amide bonds. The summed E-state index contributed by atoms with van der Waals surface area (Å²) in [6.07, 6.45) is 4.04. The zero-order valence-corrected chi connectivity index (χ0v) is 9.68. The van der Waals surface area contributed by atoms with Crippen molar-refractivity contribution in [3.05, 3.63) is 16.1 Å². The van der Waals surface area contributed by atoms with Crippen molar-refractivity contribution >= 4 is 11.3 Å². The highest BCUT2D eigenvalue weighted by atomic mass is 32.1. The molecule has 2 unspecified atom stereocenters. The van der Waals surface area contributed by atoms with Crippen LogP contribution in [0.15, 0.2) is 5.38 Å². The largest absolute Gasteiger partial charge is 0.327 e. The number of thiazole rings is 1. The molecular weight excluding hydrogens is 192 g/mol. The molecule has 1 aromatic rings. The molecule has 0 aromatic carbocycles. The van der Waals surface area contributed by atoms with Gasteiger partial charge in [-0.1, -0.05) is 13.3 Å². The Kier molecular flexibility index (Phi) is 2.88. The Morgan fingerprint density at radius 3 is 2.71 bits per heavy atom. The monoisotopic (exact) mass is 210 g/mol. The minimum absolute atomic E-state index is 0.200. The Balaban J connectivity index is 2.08. The minimum Gasteiger partial charge on any atom is -0.327 e. The highest BCUT2D eigenvalue weighted by Crippen LogP contribution is 2.38. The third kappa shape index (κ3) is 1.84. The molecule has 1 heterocycles. The lowest BCUT2D eigenvalue weighted by Gasteiger charge is -2.22. The van der Waals surface area contributed by atoms with E-state index in [0.29, 0.717) is 5.92 Å². The number of nitrogens with zero attached hydrogens (tertiary/aromatic N) is 1. The molecule has 2 rings (SSSR count). The van der Waals surface area contributed by atoms with Gasteiger partial charge in [0.1, 0.15) is 0 Å². The first kappa shape index (κ1) is 10.1. The van der Waals surface area contributed by atoms with E-state index in [1.807, 2.05) is 18.3 Å². The van der Waals surface area contributed by atoms with Gasteiger partial charge in [-0.3, -0.25) is 0 Å². The molecule has 2 nitrogen and oxygen atoms in total. The summed E-state index contributed by atoms with van der Waals surface area (Å²) in [6.45, 7) is 4.21. The van der Waals surface area contributed by atoms with E-state index in [4.69, 9.17) is 10.7 Å². The summed E-state index contributed by atoms with van der Waals surface area (Å²) < 4.78 is 0. The Morgan fingerprint density at radius 2 is 2.21 bits per heavy atom. The average molecular weight is 210 g/mol. The summed E-state index contributed by atoms with van der Waals surface area (Å²) in [4.78, 5) is 4.69. The van der Waals surface area contributed by atoms with Crippen LogP contribution in [0, 0.1) is 0 Å². The standard InChI is InChI=1S/C11H18N2S/c1-7(8(2)12)10-6-14-11(13-10)9-4-3-5-9/h6-9H,3-5,12H2,1-2H3. The smallest absolute Gasteiger partial charge is 0.0959 e. The van der Waals surface area contributed by atoms with Crippen LogP contribution < -0.4 is 5.73 Å². The maximum absolute atomic E-state index is 5.86. The third-order valence-corrected chi connectivity index (χ3v) is 4.27. The van der Waals surface area contributed by atoms with E-state index in [0.717, 1.165) is 5.92 Å². The van der Waals surface area contributed by atoms with Gasteiger partial charge in [0.15, 0.2) is 0 Å². The van der Waals surface area contributed by atoms with E-state index < -0.39 is 0 Å². The predicted molar refractivity (Wildman–Crippen MR) is 60.8 cm³/mol. The van der Waals surface area contributed by atoms with E-state index in [1.165, 1.54) is 30.0 Å². The van der Waals surface area contributed by atoms with Gasteiger partial charge in [0.05, 0.1) is 10.7 Å². The van der Waals surface area contributed by atoms with Crippen LogP contribution in [0.3, 0.4) is 0 Å². The van der Waals surface area contributed by atoms with Crippen molar-refractivity contribution in [2.75, 3.05) is 0 Å². The summed E-state index contributed by atoms with van der Waals surface area (Å²) in [5, 5.41) is 3.51. The summed E-state index contributed by atoms with van der Waals surface area (Å²) in [5.41, 5.74) is 7.05. The van der Waals surface area contributed by atoms with E-state index >= 15 is 0 Å². The van der Waals surface area contributed by atoms with Crippen LogP contribution in [0.2, 0.25) is 0 Å². The third-order valence-electron chi connectivity index (χ3n) is 3.25. The molecule has 1 fully saturated rings. The van der Waals surface area contributed by atoms with E-state index in [2.05, 4.69) is 12.3 Å². The molecule has 0 bridgehead atoms. The molecule has 1 aliphatic rings. The molecule has 14 heavy (non-hydrogen) atoms. The molecule has 3 heteroatoms. The van der Waals surface area contributed by atoms with E-state index in [-0.39, 0.29) is 6.04 Å². The zero-order chi connectivity index (χ0) is 10.1. The Bertz CT molecular complexity index is 302. The van der Waals surface area contributed by atoms with Crippen molar-refractivity contribution < 1.29 is 0 Å². The van der Waals surface area contributed by atoms with Gasteiger partial charge in [-0.15, -0.1) is 11.3 Å². The summed E-state index contributed by atoms with van der Waals surface area (Å²) in [6, 6.07) is 0.200. The lowest BCUT2D eigenvalue weighted by molar-refractivity contribution is 0.417. The number of aromatic nitrogens is 1.